The molecule has 1 aromatic carbocycles. The number of amides is 1. The maximum atomic E-state index is 15.0. The molecule has 0 aliphatic carbocycles. The number of aromatic nitrogens is 2. The lowest BCUT2D eigenvalue weighted by Crippen LogP contribution is -2.54. The Morgan fingerprint density at radius 1 is 1.31 bits per heavy atom. The molecule has 156 valence electrons. The molecule has 2 aromatic rings. The van der Waals surface area contributed by atoms with Crippen molar-refractivity contribution in [2.45, 2.75) is 31.5 Å². The summed E-state index contributed by atoms with van der Waals surface area (Å²) >= 11 is 0. The first-order chi connectivity index (χ1) is 13.8. The summed E-state index contributed by atoms with van der Waals surface area (Å²) in [5, 5.41) is 26.6. The zero-order chi connectivity index (χ0) is 20.7. The van der Waals surface area contributed by atoms with Gasteiger partial charge in [0.25, 0.3) is 0 Å². The number of carboxylic acid groups (broad SMARTS) is 1. The fraction of sp³-hybridized carbons (Fsp3) is 0.526. The number of carbonyl (C=O) groups excluding carboxylic acids is 1. The average molecular weight is 405 g/mol. The second-order valence-electron chi connectivity index (χ2n) is 7.67. The zero-order valence-corrected chi connectivity index (χ0v) is 16.1. The van der Waals surface area contributed by atoms with Crippen molar-refractivity contribution in [2.24, 2.45) is 7.05 Å². The highest BCUT2D eigenvalue weighted by Crippen LogP contribution is 2.35. The van der Waals surface area contributed by atoms with Crippen LogP contribution in [-0.4, -0.2) is 69.3 Å². The summed E-state index contributed by atoms with van der Waals surface area (Å²) in [4.78, 5) is 25.7. The summed E-state index contributed by atoms with van der Waals surface area (Å²) in [6.45, 7) is 1.54. The first-order valence-electron chi connectivity index (χ1n) is 9.68. The third-order valence-electron chi connectivity index (χ3n) is 5.77. The standard InChI is InChI=1S/C19H24FN5O4/c1-23-15-9-12(11-2-5-24(6-3-11)10-17(27)28)14(20)8-13(15)18(22-23)25-7-4-16(26)21-19(25)29/h8-9,11,19,29H,2-7,10H2,1H3,(H,21,26)(H,27,28). The van der Waals surface area contributed by atoms with Crippen LogP contribution in [0.25, 0.3) is 10.9 Å². The van der Waals surface area contributed by atoms with Gasteiger partial charge in [0.1, 0.15) is 5.82 Å². The van der Waals surface area contributed by atoms with Crippen LogP contribution in [0.15, 0.2) is 12.1 Å². The molecule has 0 spiro atoms. The van der Waals surface area contributed by atoms with Crippen LogP contribution in [0.5, 0.6) is 0 Å². The number of aliphatic carboxylic acids is 1. The molecule has 1 unspecified atom stereocenters. The molecule has 1 amide bonds. The Labute approximate surface area is 166 Å². The molecule has 10 heteroatoms. The first-order valence-corrected chi connectivity index (χ1v) is 9.68. The van der Waals surface area contributed by atoms with Crippen molar-refractivity contribution >= 4 is 28.6 Å². The predicted octanol–water partition coefficient (Wildman–Crippen LogP) is 0.579. The van der Waals surface area contributed by atoms with Gasteiger partial charge in [0.2, 0.25) is 12.3 Å². The Kier molecular flexibility index (Phi) is 5.13. The second-order valence-corrected chi connectivity index (χ2v) is 7.67. The Morgan fingerprint density at radius 3 is 2.69 bits per heavy atom. The van der Waals surface area contributed by atoms with Crippen molar-refractivity contribution < 1.29 is 24.2 Å². The minimum Gasteiger partial charge on any atom is -0.480 e. The van der Waals surface area contributed by atoms with Crippen LogP contribution in [0.2, 0.25) is 0 Å². The highest BCUT2D eigenvalue weighted by molar-refractivity contribution is 5.92. The molecule has 0 radical (unpaired) electrons. The van der Waals surface area contributed by atoms with Gasteiger partial charge in [-0.3, -0.25) is 19.2 Å². The molecule has 2 aliphatic heterocycles. The maximum Gasteiger partial charge on any atom is 0.317 e. The summed E-state index contributed by atoms with van der Waals surface area (Å²) in [5.41, 5.74) is 1.35. The molecule has 0 bridgehead atoms. The maximum absolute atomic E-state index is 15.0. The molecule has 29 heavy (non-hydrogen) atoms. The van der Waals surface area contributed by atoms with Crippen molar-refractivity contribution in [3.8, 4) is 0 Å². The SMILES string of the molecule is Cn1nc(N2CCC(=O)NC2O)c2cc(F)c(C3CCN(CC(=O)O)CC3)cc21. The molecule has 2 aliphatic rings. The molecule has 0 saturated carbocycles. The van der Waals surface area contributed by atoms with Gasteiger partial charge in [-0.05, 0) is 49.5 Å². The van der Waals surface area contributed by atoms with Crippen LogP contribution in [0.4, 0.5) is 10.2 Å². The summed E-state index contributed by atoms with van der Waals surface area (Å²) in [6.07, 6.45) is 0.412. The minimum absolute atomic E-state index is 0.00796. The number of rotatable bonds is 4. The monoisotopic (exact) mass is 405 g/mol. The summed E-state index contributed by atoms with van der Waals surface area (Å²) in [6, 6.07) is 3.24. The van der Waals surface area contributed by atoms with E-state index in [1.807, 2.05) is 4.90 Å². The summed E-state index contributed by atoms with van der Waals surface area (Å²) in [7, 11) is 1.76. The zero-order valence-electron chi connectivity index (χ0n) is 16.1. The molecule has 4 rings (SSSR count). The second kappa shape index (κ2) is 7.60. The largest absolute Gasteiger partial charge is 0.480 e. The number of piperidine rings is 1. The Morgan fingerprint density at radius 2 is 2.03 bits per heavy atom. The van der Waals surface area contributed by atoms with E-state index in [-0.39, 0.29) is 30.6 Å². The van der Waals surface area contributed by atoms with E-state index in [9.17, 15) is 14.7 Å². The number of fused-ring (bicyclic) bond motifs is 1. The van der Waals surface area contributed by atoms with Gasteiger partial charge in [-0.2, -0.15) is 5.10 Å². The molecule has 3 N–H and O–H groups in total. The number of nitrogens with one attached hydrogen (secondary N) is 1. The number of carbonyl (C=O) groups is 2. The van der Waals surface area contributed by atoms with E-state index < -0.39 is 12.3 Å². The molecular formula is C19H24FN5O4. The lowest BCUT2D eigenvalue weighted by molar-refractivity contribution is -0.138. The van der Waals surface area contributed by atoms with Crippen LogP contribution in [0.3, 0.4) is 0 Å². The van der Waals surface area contributed by atoms with Gasteiger partial charge in [0, 0.05) is 25.4 Å². The van der Waals surface area contributed by atoms with E-state index >= 15 is 4.39 Å². The molecule has 2 saturated heterocycles. The topological polar surface area (TPSA) is 111 Å². The molecule has 3 heterocycles. The number of halogens is 1. The minimum atomic E-state index is -1.20. The van der Waals surface area contributed by atoms with E-state index in [0.717, 1.165) is 5.52 Å². The number of hydrogen-bond donors (Lipinski definition) is 3. The fourth-order valence-corrected chi connectivity index (χ4v) is 4.25. The number of nitrogens with zero attached hydrogens (tertiary/aromatic N) is 4. The normalized spacial score (nSPS) is 21.6. The van der Waals surface area contributed by atoms with Crippen molar-refractivity contribution in [3.63, 3.8) is 0 Å². The third-order valence-corrected chi connectivity index (χ3v) is 5.77. The van der Waals surface area contributed by atoms with Crippen molar-refractivity contribution in [1.29, 1.82) is 0 Å². The van der Waals surface area contributed by atoms with Crippen LogP contribution in [0, 0.1) is 5.82 Å². The molecular weight excluding hydrogens is 381 g/mol. The molecule has 1 atom stereocenters. The number of benzene rings is 1. The fourth-order valence-electron chi connectivity index (χ4n) is 4.25. The number of likely N-dealkylation sites (tertiary alicyclic amines) is 1. The van der Waals surface area contributed by atoms with Crippen molar-refractivity contribution in [2.75, 3.05) is 31.1 Å². The van der Waals surface area contributed by atoms with E-state index in [0.29, 0.717) is 49.2 Å². The van der Waals surface area contributed by atoms with Gasteiger partial charge in [-0.15, -0.1) is 0 Å². The summed E-state index contributed by atoms with van der Waals surface area (Å²) < 4.78 is 16.7. The van der Waals surface area contributed by atoms with Crippen LogP contribution < -0.4 is 10.2 Å². The number of aryl methyl sites for hydroxylation is 1. The quantitative estimate of drug-likeness (QED) is 0.682. The van der Waals surface area contributed by atoms with Gasteiger partial charge >= 0.3 is 5.97 Å². The highest BCUT2D eigenvalue weighted by Gasteiger charge is 2.30. The number of anilines is 1. The van der Waals surface area contributed by atoms with E-state index in [1.54, 1.807) is 22.7 Å². The Bertz CT molecular complexity index is 954. The van der Waals surface area contributed by atoms with Gasteiger partial charge in [0.05, 0.1) is 12.1 Å². The Balaban J connectivity index is 1.61. The lowest BCUT2D eigenvalue weighted by Gasteiger charge is -2.32. The number of aliphatic hydroxyl groups is 1. The van der Waals surface area contributed by atoms with E-state index in [2.05, 4.69) is 10.4 Å². The van der Waals surface area contributed by atoms with Crippen LogP contribution >= 0.6 is 0 Å². The number of carboxylic acids is 1. The molecule has 2 fully saturated rings. The first kappa shape index (κ1) is 19.6. The number of aliphatic hydroxyl groups excluding tert-OH is 1. The van der Waals surface area contributed by atoms with Gasteiger partial charge in [-0.1, -0.05) is 0 Å². The van der Waals surface area contributed by atoms with Crippen LogP contribution in [0.1, 0.15) is 30.7 Å². The van der Waals surface area contributed by atoms with E-state index in [1.165, 1.54) is 6.07 Å². The molecule has 1 aromatic heterocycles. The van der Waals surface area contributed by atoms with Gasteiger partial charge < -0.3 is 20.4 Å². The van der Waals surface area contributed by atoms with Crippen molar-refractivity contribution in [1.82, 2.24) is 20.0 Å². The number of hydrogen-bond acceptors (Lipinski definition) is 6. The average Bonchev–Trinajstić information content (AvgIpc) is 2.97. The molecule has 9 nitrogen and oxygen atoms in total. The summed E-state index contributed by atoms with van der Waals surface area (Å²) in [5.74, 6) is -0.982. The van der Waals surface area contributed by atoms with Crippen molar-refractivity contribution in [3.05, 3.63) is 23.5 Å². The smallest absolute Gasteiger partial charge is 0.317 e. The highest BCUT2D eigenvalue weighted by atomic mass is 19.1. The Hall–Kier alpha value is -2.72. The predicted molar refractivity (Wildman–Crippen MR) is 103 cm³/mol. The van der Waals surface area contributed by atoms with Gasteiger partial charge in [-0.25, -0.2) is 4.39 Å². The van der Waals surface area contributed by atoms with E-state index in [4.69, 9.17) is 5.11 Å². The van der Waals surface area contributed by atoms with Gasteiger partial charge in [0.15, 0.2) is 5.82 Å². The van der Waals surface area contributed by atoms with Crippen LogP contribution in [-0.2, 0) is 16.6 Å². The third kappa shape index (κ3) is 3.77. The lowest BCUT2D eigenvalue weighted by atomic mass is 9.88.